The fourth-order valence-electron chi connectivity index (χ4n) is 3.80. The summed E-state index contributed by atoms with van der Waals surface area (Å²) in [5.74, 6) is -0.145. The Morgan fingerprint density at radius 3 is 2.31 bits per heavy atom. The first-order chi connectivity index (χ1) is 13.4. The molecule has 0 aliphatic heterocycles. The van der Waals surface area contributed by atoms with Crippen LogP contribution in [-0.2, 0) is 12.4 Å². The normalized spacial score (nSPS) is 21.0. The van der Waals surface area contributed by atoms with Crippen LogP contribution in [0.4, 0.5) is 32.3 Å². The Morgan fingerprint density at radius 1 is 1.07 bits per heavy atom. The highest BCUT2D eigenvalue weighted by molar-refractivity contribution is 5.83. The van der Waals surface area contributed by atoms with Crippen LogP contribution >= 0.6 is 0 Å². The van der Waals surface area contributed by atoms with Crippen LogP contribution in [-0.4, -0.2) is 41.0 Å². The Hall–Kier alpha value is -2.30. The Morgan fingerprint density at radius 2 is 1.72 bits per heavy atom. The summed E-state index contributed by atoms with van der Waals surface area (Å²) in [7, 11) is 3.76. The van der Waals surface area contributed by atoms with Gasteiger partial charge < -0.3 is 10.2 Å². The number of alkyl halides is 6. The number of H-pyrrole nitrogens is 1. The van der Waals surface area contributed by atoms with Crippen molar-refractivity contribution in [1.29, 1.82) is 0 Å². The summed E-state index contributed by atoms with van der Waals surface area (Å²) in [6.45, 7) is 0. The van der Waals surface area contributed by atoms with Crippen molar-refractivity contribution in [3.8, 4) is 0 Å². The van der Waals surface area contributed by atoms with Crippen molar-refractivity contribution in [1.82, 2.24) is 14.9 Å². The number of aromatic amines is 1. The molecule has 0 amide bonds. The third-order valence-electron chi connectivity index (χ3n) is 5.16. The molecule has 2 aromatic rings. The molecule has 160 valence electrons. The van der Waals surface area contributed by atoms with E-state index in [0.717, 1.165) is 25.7 Å². The van der Waals surface area contributed by atoms with E-state index >= 15 is 0 Å². The van der Waals surface area contributed by atoms with Crippen LogP contribution in [0.15, 0.2) is 16.9 Å². The number of nitrogens with zero attached hydrogens (tertiary/aromatic N) is 2. The fraction of sp³-hybridized carbons (Fsp3) is 0.556. The second kappa shape index (κ2) is 7.51. The maximum Gasteiger partial charge on any atom is 0.417 e. The SMILES string of the molecule is CN(C)[C@@H]1CCCC[C@H]1Nc1nc2cc(C(F)(F)F)cc(C(F)(F)F)c2c(=O)[nH]1. The van der Waals surface area contributed by atoms with Crippen LogP contribution in [0, 0.1) is 0 Å². The number of hydrogen-bond acceptors (Lipinski definition) is 4. The molecule has 2 atom stereocenters. The molecule has 29 heavy (non-hydrogen) atoms. The van der Waals surface area contributed by atoms with Gasteiger partial charge in [-0.15, -0.1) is 0 Å². The van der Waals surface area contributed by atoms with Crippen molar-refractivity contribution >= 4 is 16.9 Å². The molecule has 1 saturated carbocycles. The smallest absolute Gasteiger partial charge is 0.351 e. The molecule has 5 nitrogen and oxygen atoms in total. The summed E-state index contributed by atoms with van der Waals surface area (Å²) >= 11 is 0. The highest BCUT2D eigenvalue weighted by atomic mass is 19.4. The lowest BCUT2D eigenvalue weighted by Gasteiger charge is -2.36. The average Bonchev–Trinajstić information content (AvgIpc) is 2.59. The van der Waals surface area contributed by atoms with Gasteiger partial charge in [0, 0.05) is 12.1 Å². The quantitative estimate of drug-likeness (QED) is 0.727. The summed E-state index contributed by atoms with van der Waals surface area (Å²) in [5, 5.41) is 2.08. The highest BCUT2D eigenvalue weighted by Crippen LogP contribution is 2.38. The Labute approximate surface area is 162 Å². The molecule has 1 heterocycles. The predicted molar refractivity (Wildman–Crippen MR) is 95.7 cm³/mol. The van der Waals surface area contributed by atoms with Crippen LogP contribution in [0.25, 0.3) is 10.9 Å². The molecule has 0 unspecified atom stereocenters. The molecule has 1 aromatic carbocycles. The molecule has 1 fully saturated rings. The molecular weight excluding hydrogens is 402 g/mol. The summed E-state index contributed by atoms with van der Waals surface area (Å²) in [6, 6.07) is 0.356. The lowest BCUT2D eigenvalue weighted by Crippen LogP contribution is -2.46. The number of halogens is 6. The summed E-state index contributed by atoms with van der Waals surface area (Å²) in [4.78, 5) is 20.5. The number of aromatic nitrogens is 2. The largest absolute Gasteiger partial charge is 0.417 e. The van der Waals surface area contributed by atoms with Crippen LogP contribution in [0.3, 0.4) is 0 Å². The molecule has 11 heteroatoms. The van der Waals surface area contributed by atoms with E-state index in [1.165, 1.54) is 0 Å². The van der Waals surface area contributed by atoms with E-state index < -0.39 is 39.9 Å². The molecule has 0 saturated heterocycles. The van der Waals surface area contributed by atoms with Crippen molar-refractivity contribution in [2.75, 3.05) is 19.4 Å². The van der Waals surface area contributed by atoms with Gasteiger partial charge in [-0.1, -0.05) is 12.8 Å². The zero-order valence-corrected chi connectivity index (χ0v) is 15.7. The van der Waals surface area contributed by atoms with Crippen LogP contribution in [0.2, 0.25) is 0 Å². The Bertz CT molecular complexity index is 950. The van der Waals surface area contributed by atoms with E-state index in [9.17, 15) is 31.1 Å². The minimum atomic E-state index is -5.14. The van der Waals surface area contributed by atoms with Gasteiger partial charge in [0.1, 0.15) is 0 Å². The van der Waals surface area contributed by atoms with E-state index in [2.05, 4.69) is 15.3 Å². The molecule has 0 spiro atoms. The number of nitrogens with one attached hydrogen (secondary N) is 2. The lowest BCUT2D eigenvalue weighted by molar-refractivity contribution is -0.142. The standard InChI is InChI=1S/C18H20F6N4O/c1-28(2)13-6-4-3-5-11(13)25-16-26-12-8-9(17(19,20)21)7-10(18(22,23)24)14(12)15(29)27-16/h7-8,11,13H,3-6H2,1-2H3,(H2,25,26,27,29)/t11-,13-/m1/s1. The molecular formula is C18H20F6N4O. The summed E-state index contributed by atoms with van der Waals surface area (Å²) < 4.78 is 79.2. The number of fused-ring (bicyclic) bond motifs is 1. The molecule has 1 aliphatic rings. The van der Waals surface area contributed by atoms with Gasteiger partial charge in [0.05, 0.1) is 22.0 Å². The predicted octanol–water partition coefficient (Wildman–Crippen LogP) is 4.25. The van der Waals surface area contributed by atoms with Gasteiger partial charge in [0.25, 0.3) is 5.56 Å². The minimum absolute atomic E-state index is 0.0600. The second-order valence-corrected chi connectivity index (χ2v) is 7.39. The van der Waals surface area contributed by atoms with Crippen molar-refractivity contribution in [2.45, 2.75) is 50.1 Å². The van der Waals surface area contributed by atoms with E-state index in [0.29, 0.717) is 6.07 Å². The molecule has 3 rings (SSSR count). The first-order valence-corrected chi connectivity index (χ1v) is 9.03. The molecule has 1 aliphatic carbocycles. The molecule has 0 bridgehead atoms. The van der Waals surface area contributed by atoms with Crippen LogP contribution < -0.4 is 10.9 Å². The second-order valence-electron chi connectivity index (χ2n) is 7.39. The third-order valence-corrected chi connectivity index (χ3v) is 5.16. The van der Waals surface area contributed by atoms with Gasteiger partial charge in [-0.05, 0) is 39.1 Å². The van der Waals surface area contributed by atoms with Gasteiger partial charge in [-0.3, -0.25) is 9.78 Å². The maximum absolute atomic E-state index is 13.3. The van der Waals surface area contributed by atoms with Crippen LogP contribution in [0.5, 0.6) is 0 Å². The molecule has 2 N–H and O–H groups in total. The summed E-state index contributed by atoms with van der Waals surface area (Å²) in [6.07, 6.45) is -6.61. The van der Waals surface area contributed by atoms with Crippen molar-refractivity contribution in [3.63, 3.8) is 0 Å². The van der Waals surface area contributed by atoms with Gasteiger partial charge in [0.15, 0.2) is 0 Å². The van der Waals surface area contributed by atoms with E-state index in [4.69, 9.17) is 0 Å². The highest BCUT2D eigenvalue weighted by Gasteiger charge is 2.39. The van der Waals surface area contributed by atoms with Crippen LogP contribution in [0.1, 0.15) is 36.8 Å². The van der Waals surface area contributed by atoms with Gasteiger partial charge in [0.2, 0.25) is 5.95 Å². The Balaban J connectivity index is 2.11. The number of hydrogen-bond donors (Lipinski definition) is 2. The zero-order chi connectivity index (χ0) is 21.6. The topological polar surface area (TPSA) is 61.0 Å². The zero-order valence-electron chi connectivity index (χ0n) is 15.7. The first kappa shape index (κ1) is 21.4. The fourth-order valence-corrected chi connectivity index (χ4v) is 3.80. The third kappa shape index (κ3) is 4.49. The van der Waals surface area contributed by atoms with E-state index in [-0.39, 0.29) is 24.1 Å². The number of benzene rings is 1. The van der Waals surface area contributed by atoms with E-state index in [1.807, 2.05) is 19.0 Å². The molecule has 1 aromatic heterocycles. The molecule has 0 radical (unpaired) electrons. The minimum Gasteiger partial charge on any atom is -0.351 e. The first-order valence-electron chi connectivity index (χ1n) is 9.03. The lowest BCUT2D eigenvalue weighted by atomic mass is 9.89. The average molecular weight is 422 g/mol. The Kier molecular flexibility index (Phi) is 5.54. The maximum atomic E-state index is 13.3. The number of likely N-dealkylation sites (N-methyl/N-ethyl adjacent to an activating group) is 1. The monoisotopic (exact) mass is 422 g/mol. The van der Waals surface area contributed by atoms with Gasteiger partial charge in [-0.2, -0.15) is 26.3 Å². The van der Waals surface area contributed by atoms with Crippen molar-refractivity contribution in [2.24, 2.45) is 0 Å². The number of anilines is 1. The van der Waals surface area contributed by atoms with Crippen molar-refractivity contribution in [3.05, 3.63) is 33.6 Å². The van der Waals surface area contributed by atoms with Crippen molar-refractivity contribution < 1.29 is 26.3 Å². The van der Waals surface area contributed by atoms with E-state index in [1.54, 1.807) is 0 Å². The van der Waals surface area contributed by atoms with Gasteiger partial charge >= 0.3 is 12.4 Å². The summed E-state index contributed by atoms with van der Waals surface area (Å²) in [5.41, 5.74) is -4.97. The van der Waals surface area contributed by atoms with Gasteiger partial charge in [-0.25, -0.2) is 4.98 Å². The number of rotatable bonds is 3.